The predicted octanol–water partition coefficient (Wildman–Crippen LogP) is 2.23. The standard InChI is InChI=1S/C15H15N3O2S/c1-18-15-8-13(14(16)7-11(15)9-17-18)10-3-5-12(6-4-10)21(2,19)20/h3-9H,16H2,1-2H3. The number of fused-ring (bicyclic) bond motifs is 1. The lowest BCUT2D eigenvalue weighted by atomic mass is 10.0. The maximum atomic E-state index is 11.5. The van der Waals surface area contributed by atoms with Gasteiger partial charge in [-0.2, -0.15) is 5.10 Å². The molecular formula is C15H15N3O2S. The lowest BCUT2D eigenvalue weighted by Gasteiger charge is -2.08. The zero-order valence-corrected chi connectivity index (χ0v) is 12.6. The minimum atomic E-state index is -3.19. The molecule has 0 aliphatic heterocycles. The number of anilines is 1. The first-order valence-corrected chi connectivity index (χ1v) is 8.27. The number of nitrogens with zero attached hydrogens (tertiary/aromatic N) is 2. The third-order valence-corrected chi connectivity index (χ3v) is 4.64. The molecule has 108 valence electrons. The molecule has 2 N–H and O–H groups in total. The van der Waals surface area contributed by atoms with E-state index >= 15 is 0 Å². The van der Waals surface area contributed by atoms with Crippen molar-refractivity contribution in [3.63, 3.8) is 0 Å². The molecule has 3 aromatic rings. The van der Waals surface area contributed by atoms with E-state index in [4.69, 9.17) is 5.73 Å². The van der Waals surface area contributed by atoms with Crippen molar-refractivity contribution >= 4 is 26.4 Å². The van der Waals surface area contributed by atoms with Crippen LogP contribution in [-0.2, 0) is 16.9 Å². The first-order chi connectivity index (χ1) is 9.86. The monoisotopic (exact) mass is 301 g/mol. The van der Waals surface area contributed by atoms with Gasteiger partial charge >= 0.3 is 0 Å². The number of nitrogens with two attached hydrogens (primary N) is 1. The Bertz CT molecular complexity index is 925. The van der Waals surface area contributed by atoms with Crippen LogP contribution < -0.4 is 5.73 Å². The van der Waals surface area contributed by atoms with Gasteiger partial charge in [0.15, 0.2) is 9.84 Å². The number of aromatic nitrogens is 2. The lowest BCUT2D eigenvalue weighted by Crippen LogP contribution is -1.97. The van der Waals surface area contributed by atoms with Crippen molar-refractivity contribution < 1.29 is 8.42 Å². The van der Waals surface area contributed by atoms with E-state index in [1.54, 1.807) is 35.1 Å². The van der Waals surface area contributed by atoms with Crippen LogP contribution in [0.4, 0.5) is 5.69 Å². The molecule has 0 fully saturated rings. The van der Waals surface area contributed by atoms with E-state index in [-0.39, 0.29) is 0 Å². The number of hydrogen-bond acceptors (Lipinski definition) is 4. The zero-order valence-electron chi connectivity index (χ0n) is 11.7. The van der Waals surface area contributed by atoms with Crippen molar-refractivity contribution in [1.29, 1.82) is 0 Å². The first kappa shape index (κ1) is 13.6. The van der Waals surface area contributed by atoms with Crippen molar-refractivity contribution in [3.05, 3.63) is 42.6 Å². The summed E-state index contributed by atoms with van der Waals surface area (Å²) in [6, 6.07) is 10.6. The molecule has 0 unspecified atom stereocenters. The van der Waals surface area contributed by atoms with Gasteiger partial charge < -0.3 is 5.73 Å². The van der Waals surface area contributed by atoms with Gasteiger partial charge in [0.2, 0.25) is 0 Å². The van der Waals surface area contributed by atoms with Gasteiger partial charge in [0.05, 0.1) is 16.6 Å². The topological polar surface area (TPSA) is 78.0 Å². The van der Waals surface area contributed by atoms with Crippen LogP contribution in [-0.4, -0.2) is 24.5 Å². The number of rotatable bonds is 2. The van der Waals surface area contributed by atoms with Gasteiger partial charge in [0.1, 0.15) is 0 Å². The fourth-order valence-corrected chi connectivity index (χ4v) is 2.98. The summed E-state index contributed by atoms with van der Waals surface area (Å²) >= 11 is 0. The van der Waals surface area contributed by atoms with Crippen LogP contribution >= 0.6 is 0 Å². The molecule has 1 aromatic heterocycles. The number of sulfone groups is 1. The second-order valence-corrected chi connectivity index (χ2v) is 7.08. The maximum absolute atomic E-state index is 11.5. The Kier molecular flexibility index (Phi) is 2.98. The molecular weight excluding hydrogens is 286 g/mol. The molecule has 0 spiro atoms. The summed E-state index contributed by atoms with van der Waals surface area (Å²) in [6.45, 7) is 0. The van der Waals surface area contributed by atoms with Crippen molar-refractivity contribution in [2.75, 3.05) is 12.0 Å². The maximum Gasteiger partial charge on any atom is 0.175 e. The first-order valence-electron chi connectivity index (χ1n) is 6.38. The molecule has 0 saturated carbocycles. The second-order valence-electron chi connectivity index (χ2n) is 5.06. The second kappa shape index (κ2) is 4.60. The number of hydrogen-bond donors (Lipinski definition) is 1. The third kappa shape index (κ3) is 2.38. The number of benzene rings is 2. The summed E-state index contributed by atoms with van der Waals surface area (Å²) in [7, 11) is -1.32. The van der Waals surface area contributed by atoms with Crippen molar-refractivity contribution in [2.24, 2.45) is 7.05 Å². The Morgan fingerprint density at radius 1 is 1.14 bits per heavy atom. The van der Waals surface area contributed by atoms with Crippen LogP contribution in [0.25, 0.3) is 22.0 Å². The summed E-state index contributed by atoms with van der Waals surface area (Å²) in [5, 5.41) is 5.18. The molecule has 1 heterocycles. The molecule has 0 bridgehead atoms. The molecule has 5 nitrogen and oxygen atoms in total. The highest BCUT2D eigenvalue weighted by Crippen LogP contribution is 2.31. The van der Waals surface area contributed by atoms with Gasteiger partial charge in [-0.1, -0.05) is 12.1 Å². The molecule has 0 amide bonds. The molecule has 0 radical (unpaired) electrons. The molecule has 3 rings (SSSR count). The Balaban J connectivity index is 2.15. The normalized spacial score (nSPS) is 11.9. The summed E-state index contributed by atoms with van der Waals surface area (Å²) < 4.78 is 24.8. The van der Waals surface area contributed by atoms with Crippen molar-refractivity contribution in [2.45, 2.75) is 4.90 Å². The lowest BCUT2D eigenvalue weighted by molar-refractivity contribution is 0.602. The quantitative estimate of drug-likeness (QED) is 0.736. The van der Waals surface area contributed by atoms with Crippen LogP contribution in [0.3, 0.4) is 0 Å². The Hall–Kier alpha value is -2.34. The van der Waals surface area contributed by atoms with Crippen LogP contribution in [0.5, 0.6) is 0 Å². The highest BCUT2D eigenvalue weighted by molar-refractivity contribution is 7.90. The van der Waals surface area contributed by atoms with Gasteiger partial charge in [-0.15, -0.1) is 0 Å². The van der Waals surface area contributed by atoms with Gasteiger partial charge in [-0.3, -0.25) is 4.68 Å². The van der Waals surface area contributed by atoms with Crippen LogP contribution in [0.2, 0.25) is 0 Å². The SMILES string of the molecule is Cn1ncc2cc(N)c(-c3ccc(S(C)(=O)=O)cc3)cc21. The van der Waals surface area contributed by atoms with E-state index in [9.17, 15) is 8.42 Å². The summed E-state index contributed by atoms with van der Waals surface area (Å²) in [4.78, 5) is 0.298. The van der Waals surface area contributed by atoms with Gasteiger partial charge in [0.25, 0.3) is 0 Å². The predicted molar refractivity (Wildman–Crippen MR) is 83.7 cm³/mol. The Labute approximate surface area is 122 Å². The van der Waals surface area contributed by atoms with E-state index in [1.165, 1.54) is 6.26 Å². The zero-order chi connectivity index (χ0) is 15.2. The van der Waals surface area contributed by atoms with E-state index in [1.807, 2.05) is 19.2 Å². The largest absolute Gasteiger partial charge is 0.398 e. The molecule has 6 heteroatoms. The average Bonchev–Trinajstić information content (AvgIpc) is 2.78. The molecule has 21 heavy (non-hydrogen) atoms. The van der Waals surface area contributed by atoms with Crippen LogP contribution in [0, 0.1) is 0 Å². The molecule has 0 saturated heterocycles. The minimum absolute atomic E-state index is 0.298. The van der Waals surface area contributed by atoms with Crippen LogP contribution in [0.1, 0.15) is 0 Å². The molecule has 2 aromatic carbocycles. The Morgan fingerprint density at radius 3 is 2.43 bits per heavy atom. The summed E-state index contributed by atoms with van der Waals surface area (Å²) in [6.07, 6.45) is 2.96. The fraction of sp³-hybridized carbons (Fsp3) is 0.133. The smallest absolute Gasteiger partial charge is 0.175 e. The summed E-state index contributed by atoms with van der Waals surface area (Å²) in [5.41, 5.74) is 9.46. The minimum Gasteiger partial charge on any atom is -0.398 e. The van der Waals surface area contributed by atoms with E-state index in [0.29, 0.717) is 10.6 Å². The highest BCUT2D eigenvalue weighted by Gasteiger charge is 2.10. The fourth-order valence-electron chi connectivity index (χ4n) is 2.35. The van der Waals surface area contributed by atoms with Crippen LogP contribution in [0.15, 0.2) is 47.5 Å². The summed E-state index contributed by atoms with van der Waals surface area (Å²) in [5.74, 6) is 0. The van der Waals surface area contributed by atoms with E-state index < -0.39 is 9.84 Å². The highest BCUT2D eigenvalue weighted by atomic mass is 32.2. The number of aryl methyl sites for hydroxylation is 1. The van der Waals surface area contributed by atoms with Crippen molar-refractivity contribution in [1.82, 2.24) is 9.78 Å². The van der Waals surface area contributed by atoms with E-state index in [0.717, 1.165) is 22.0 Å². The van der Waals surface area contributed by atoms with Gasteiger partial charge in [-0.05, 0) is 29.8 Å². The molecule has 0 aliphatic carbocycles. The van der Waals surface area contributed by atoms with E-state index in [2.05, 4.69) is 5.10 Å². The average molecular weight is 301 g/mol. The molecule has 0 atom stereocenters. The third-order valence-electron chi connectivity index (χ3n) is 3.51. The van der Waals surface area contributed by atoms with Gasteiger partial charge in [-0.25, -0.2) is 8.42 Å². The van der Waals surface area contributed by atoms with Crippen molar-refractivity contribution in [3.8, 4) is 11.1 Å². The Morgan fingerprint density at radius 2 is 1.81 bits per heavy atom. The van der Waals surface area contributed by atoms with Gasteiger partial charge in [0, 0.05) is 29.9 Å². The number of nitrogen functional groups attached to an aromatic ring is 1. The molecule has 0 aliphatic rings.